The van der Waals surface area contributed by atoms with Gasteiger partial charge in [0.05, 0.1) is 22.7 Å². The number of aryl methyl sites for hydroxylation is 1. The molecule has 2 rings (SSSR count). The van der Waals surface area contributed by atoms with Crippen LogP contribution in [0.5, 0.6) is 0 Å². The Morgan fingerprint density at radius 2 is 1.73 bits per heavy atom. The normalized spacial score (nSPS) is 17.7. The molecule has 1 aromatic rings. The third kappa shape index (κ3) is 3.11. The Hall–Kier alpha value is -1.56. The molecular formula is C11H15N3O6S2. The molecule has 0 unspecified atom stereocenters. The van der Waals surface area contributed by atoms with Crippen LogP contribution in [0.4, 0.5) is 5.69 Å². The van der Waals surface area contributed by atoms with Gasteiger partial charge in [-0.1, -0.05) is 6.07 Å². The standard InChI is InChI=1S/C11H15N3O6S2/c1-9-3-4-10(7-11(9)14(15)16)22(19,20)13-6-5-12(8-13)21(2,17)18/h3-4,7H,5-6,8H2,1-2H3. The van der Waals surface area contributed by atoms with E-state index in [0.29, 0.717) is 5.56 Å². The van der Waals surface area contributed by atoms with E-state index in [1.807, 2.05) is 0 Å². The molecule has 1 saturated heterocycles. The Morgan fingerprint density at radius 1 is 1.14 bits per heavy atom. The molecule has 0 amide bonds. The molecule has 122 valence electrons. The van der Waals surface area contributed by atoms with Crippen molar-refractivity contribution in [1.29, 1.82) is 0 Å². The van der Waals surface area contributed by atoms with Gasteiger partial charge in [-0.2, -0.15) is 8.61 Å². The summed E-state index contributed by atoms with van der Waals surface area (Å²) in [6.45, 7) is 1.29. The number of nitrogens with zero attached hydrogens (tertiary/aromatic N) is 3. The highest BCUT2D eigenvalue weighted by atomic mass is 32.2. The van der Waals surface area contributed by atoms with E-state index < -0.39 is 25.0 Å². The van der Waals surface area contributed by atoms with Crippen molar-refractivity contribution in [3.8, 4) is 0 Å². The van der Waals surface area contributed by atoms with Crippen LogP contribution in [-0.2, 0) is 20.0 Å². The third-order valence-corrected chi connectivity index (χ3v) is 6.46. The lowest BCUT2D eigenvalue weighted by Crippen LogP contribution is -2.33. The third-order valence-electron chi connectivity index (χ3n) is 3.40. The molecule has 0 radical (unpaired) electrons. The van der Waals surface area contributed by atoms with E-state index in [1.165, 1.54) is 19.1 Å². The smallest absolute Gasteiger partial charge is 0.258 e. The van der Waals surface area contributed by atoms with E-state index >= 15 is 0 Å². The van der Waals surface area contributed by atoms with Gasteiger partial charge in [0.15, 0.2) is 0 Å². The van der Waals surface area contributed by atoms with Crippen molar-refractivity contribution in [2.45, 2.75) is 11.8 Å². The molecular weight excluding hydrogens is 334 g/mol. The quantitative estimate of drug-likeness (QED) is 0.563. The number of hydrogen-bond acceptors (Lipinski definition) is 6. The van der Waals surface area contributed by atoms with Gasteiger partial charge in [0, 0.05) is 24.7 Å². The van der Waals surface area contributed by atoms with Gasteiger partial charge in [0.25, 0.3) is 5.69 Å². The predicted octanol–water partition coefficient (Wildman–Crippen LogP) is 0.127. The molecule has 0 aliphatic carbocycles. The summed E-state index contributed by atoms with van der Waals surface area (Å²) in [5.41, 5.74) is 0.0587. The number of benzene rings is 1. The van der Waals surface area contributed by atoms with E-state index in [1.54, 1.807) is 0 Å². The second kappa shape index (κ2) is 5.57. The van der Waals surface area contributed by atoms with Gasteiger partial charge < -0.3 is 0 Å². The summed E-state index contributed by atoms with van der Waals surface area (Å²) >= 11 is 0. The molecule has 1 aliphatic heterocycles. The lowest BCUT2D eigenvalue weighted by atomic mass is 10.2. The lowest BCUT2D eigenvalue weighted by molar-refractivity contribution is -0.385. The first-order valence-electron chi connectivity index (χ1n) is 6.24. The highest BCUT2D eigenvalue weighted by Gasteiger charge is 2.35. The zero-order chi connectivity index (χ0) is 16.7. The molecule has 1 aliphatic rings. The molecule has 0 atom stereocenters. The zero-order valence-electron chi connectivity index (χ0n) is 12.0. The molecule has 0 saturated carbocycles. The summed E-state index contributed by atoms with van der Waals surface area (Å²) in [6.07, 6.45) is 1.000. The van der Waals surface area contributed by atoms with E-state index in [2.05, 4.69) is 0 Å². The molecule has 9 nitrogen and oxygen atoms in total. The number of rotatable bonds is 4. The number of hydrogen-bond donors (Lipinski definition) is 0. The summed E-state index contributed by atoms with van der Waals surface area (Å²) in [5, 5.41) is 10.9. The van der Waals surface area contributed by atoms with Crippen molar-refractivity contribution in [3.05, 3.63) is 33.9 Å². The summed E-state index contributed by atoms with van der Waals surface area (Å²) in [4.78, 5) is 10.0. The van der Waals surface area contributed by atoms with Crippen LogP contribution in [0, 0.1) is 17.0 Å². The number of nitro groups is 1. The number of sulfonamides is 2. The average molecular weight is 349 g/mol. The van der Waals surface area contributed by atoms with Crippen molar-refractivity contribution >= 4 is 25.7 Å². The summed E-state index contributed by atoms with van der Waals surface area (Å²) in [7, 11) is -7.47. The molecule has 11 heteroatoms. The Morgan fingerprint density at radius 3 is 2.23 bits per heavy atom. The second-order valence-corrected chi connectivity index (χ2v) is 8.89. The molecule has 1 fully saturated rings. The minimum atomic E-state index is -3.98. The van der Waals surface area contributed by atoms with Gasteiger partial charge in [-0.25, -0.2) is 16.8 Å². The van der Waals surface area contributed by atoms with Gasteiger partial charge in [-0.15, -0.1) is 0 Å². The van der Waals surface area contributed by atoms with Crippen LogP contribution in [0.25, 0.3) is 0 Å². The van der Waals surface area contributed by atoms with Crippen LogP contribution in [0.15, 0.2) is 23.1 Å². The molecule has 0 aromatic heterocycles. The van der Waals surface area contributed by atoms with Crippen molar-refractivity contribution in [1.82, 2.24) is 8.61 Å². The molecule has 1 aromatic carbocycles. The van der Waals surface area contributed by atoms with Gasteiger partial charge in [0.1, 0.15) is 0 Å². The lowest BCUT2D eigenvalue weighted by Gasteiger charge is -2.17. The van der Waals surface area contributed by atoms with Gasteiger partial charge >= 0.3 is 0 Å². The first kappa shape index (κ1) is 16.8. The van der Waals surface area contributed by atoms with Crippen LogP contribution in [0.1, 0.15) is 5.56 Å². The van der Waals surface area contributed by atoms with Gasteiger partial charge in [-0.05, 0) is 13.0 Å². The van der Waals surface area contributed by atoms with Crippen molar-refractivity contribution in [2.75, 3.05) is 26.0 Å². The predicted molar refractivity (Wildman–Crippen MR) is 78.1 cm³/mol. The zero-order valence-corrected chi connectivity index (χ0v) is 13.6. The fraction of sp³-hybridized carbons (Fsp3) is 0.455. The maximum Gasteiger partial charge on any atom is 0.273 e. The molecule has 22 heavy (non-hydrogen) atoms. The maximum absolute atomic E-state index is 12.5. The van der Waals surface area contributed by atoms with Gasteiger partial charge in [-0.3, -0.25) is 10.1 Å². The topological polar surface area (TPSA) is 118 Å². The fourth-order valence-electron chi connectivity index (χ4n) is 2.10. The number of nitro benzene ring substituents is 1. The Kier molecular flexibility index (Phi) is 4.26. The summed E-state index contributed by atoms with van der Waals surface area (Å²) in [6, 6.07) is 3.63. The van der Waals surface area contributed by atoms with E-state index in [9.17, 15) is 26.9 Å². The highest BCUT2D eigenvalue weighted by molar-refractivity contribution is 7.89. The Labute approximate surface area is 128 Å². The molecule has 0 spiro atoms. The largest absolute Gasteiger partial charge is 0.273 e. The molecule has 0 N–H and O–H groups in total. The average Bonchev–Trinajstić information content (AvgIpc) is 2.88. The van der Waals surface area contributed by atoms with Crippen LogP contribution in [-0.4, -0.2) is 56.4 Å². The summed E-state index contributed by atoms with van der Waals surface area (Å²) < 4.78 is 49.9. The minimum Gasteiger partial charge on any atom is -0.258 e. The van der Waals surface area contributed by atoms with E-state index in [-0.39, 0.29) is 30.3 Å². The van der Waals surface area contributed by atoms with Crippen molar-refractivity contribution in [3.63, 3.8) is 0 Å². The maximum atomic E-state index is 12.5. The Balaban J connectivity index is 2.36. The first-order valence-corrected chi connectivity index (χ1v) is 9.52. The van der Waals surface area contributed by atoms with E-state index in [0.717, 1.165) is 20.9 Å². The monoisotopic (exact) mass is 349 g/mol. The van der Waals surface area contributed by atoms with Crippen LogP contribution < -0.4 is 0 Å². The van der Waals surface area contributed by atoms with Crippen molar-refractivity contribution < 1.29 is 21.8 Å². The highest BCUT2D eigenvalue weighted by Crippen LogP contribution is 2.26. The van der Waals surface area contributed by atoms with Crippen LogP contribution in [0.2, 0.25) is 0 Å². The van der Waals surface area contributed by atoms with Crippen LogP contribution in [0.3, 0.4) is 0 Å². The fourth-order valence-corrected chi connectivity index (χ4v) is 4.35. The van der Waals surface area contributed by atoms with Crippen molar-refractivity contribution in [2.24, 2.45) is 0 Å². The SMILES string of the molecule is Cc1ccc(S(=O)(=O)N2CCN(S(C)(=O)=O)C2)cc1[N+](=O)[O-]. The molecule has 0 bridgehead atoms. The van der Waals surface area contributed by atoms with Crippen LogP contribution >= 0.6 is 0 Å². The first-order chi connectivity index (χ1) is 10.0. The minimum absolute atomic E-state index is 0.0110. The Bertz CT molecular complexity index is 818. The molecule has 1 heterocycles. The van der Waals surface area contributed by atoms with E-state index in [4.69, 9.17) is 0 Å². The van der Waals surface area contributed by atoms with Gasteiger partial charge in [0.2, 0.25) is 20.0 Å². The summed E-state index contributed by atoms with van der Waals surface area (Å²) in [5.74, 6) is 0. The second-order valence-electron chi connectivity index (χ2n) is 4.97.